The number of anilines is 1. The van der Waals surface area contributed by atoms with Gasteiger partial charge >= 0.3 is 0 Å². The number of aryl methyl sites for hydroxylation is 1. The smallest absolute Gasteiger partial charge is 0.148 e. The topological polar surface area (TPSA) is 39.9 Å². The SMILES string of the molecule is Cc1ccccc1CN(C)c1nccc(C#N)c1Cl. The van der Waals surface area contributed by atoms with E-state index in [0.29, 0.717) is 22.9 Å². The molecule has 19 heavy (non-hydrogen) atoms. The van der Waals surface area contributed by atoms with Gasteiger partial charge in [-0.3, -0.25) is 0 Å². The van der Waals surface area contributed by atoms with E-state index in [1.54, 1.807) is 12.3 Å². The molecule has 2 aromatic rings. The zero-order valence-electron chi connectivity index (χ0n) is 10.9. The van der Waals surface area contributed by atoms with Crippen molar-refractivity contribution in [2.75, 3.05) is 11.9 Å². The molecule has 96 valence electrons. The summed E-state index contributed by atoms with van der Waals surface area (Å²) in [5, 5.41) is 9.38. The number of halogens is 1. The molecule has 1 aromatic heterocycles. The summed E-state index contributed by atoms with van der Waals surface area (Å²) in [6.07, 6.45) is 1.61. The number of hydrogen-bond acceptors (Lipinski definition) is 3. The fourth-order valence-electron chi connectivity index (χ4n) is 1.90. The lowest BCUT2D eigenvalue weighted by atomic mass is 10.1. The number of aromatic nitrogens is 1. The van der Waals surface area contributed by atoms with Crippen LogP contribution in [-0.2, 0) is 6.54 Å². The molecule has 0 aliphatic carbocycles. The van der Waals surface area contributed by atoms with E-state index < -0.39 is 0 Å². The summed E-state index contributed by atoms with van der Waals surface area (Å²) in [5.41, 5.74) is 2.88. The minimum Gasteiger partial charge on any atom is -0.354 e. The minimum atomic E-state index is 0.404. The molecule has 0 atom stereocenters. The highest BCUT2D eigenvalue weighted by Gasteiger charge is 2.12. The molecule has 4 heteroatoms. The third kappa shape index (κ3) is 2.86. The second-order valence-corrected chi connectivity index (χ2v) is 4.77. The maximum absolute atomic E-state index is 8.98. The molecule has 0 aliphatic heterocycles. The Labute approximate surface area is 118 Å². The summed E-state index contributed by atoms with van der Waals surface area (Å²) in [4.78, 5) is 6.21. The molecule has 1 aromatic carbocycles. The van der Waals surface area contributed by atoms with Crippen molar-refractivity contribution >= 4 is 17.4 Å². The Morgan fingerprint density at radius 2 is 2.05 bits per heavy atom. The Bertz CT molecular complexity index is 632. The summed E-state index contributed by atoms with van der Waals surface area (Å²) >= 11 is 6.18. The summed E-state index contributed by atoms with van der Waals surface area (Å²) in [7, 11) is 1.92. The molecular formula is C15H14ClN3. The molecule has 0 saturated carbocycles. The van der Waals surface area contributed by atoms with Crippen molar-refractivity contribution in [1.82, 2.24) is 4.98 Å². The van der Waals surface area contributed by atoms with E-state index >= 15 is 0 Å². The van der Waals surface area contributed by atoms with Crippen LogP contribution >= 0.6 is 11.6 Å². The normalized spacial score (nSPS) is 10.0. The van der Waals surface area contributed by atoms with Gasteiger partial charge in [-0.2, -0.15) is 5.26 Å². The largest absolute Gasteiger partial charge is 0.354 e. The lowest BCUT2D eigenvalue weighted by molar-refractivity contribution is 0.890. The van der Waals surface area contributed by atoms with Crippen molar-refractivity contribution < 1.29 is 0 Å². The van der Waals surface area contributed by atoms with Crippen LogP contribution in [0.4, 0.5) is 5.82 Å². The van der Waals surface area contributed by atoms with Gasteiger partial charge in [-0.1, -0.05) is 35.9 Å². The molecule has 1 heterocycles. The molecular weight excluding hydrogens is 258 g/mol. The third-order valence-electron chi connectivity index (χ3n) is 3.02. The van der Waals surface area contributed by atoms with Crippen LogP contribution < -0.4 is 4.90 Å². The van der Waals surface area contributed by atoms with E-state index in [4.69, 9.17) is 16.9 Å². The Morgan fingerprint density at radius 3 is 2.74 bits per heavy atom. The van der Waals surface area contributed by atoms with E-state index in [1.165, 1.54) is 11.1 Å². The average Bonchev–Trinajstić information content (AvgIpc) is 2.41. The lowest BCUT2D eigenvalue weighted by Gasteiger charge is -2.20. The Morgan fingerprint density at radius 1 is 1.32 bits per heavy atom. The Kier molecular flexibility index (Phi) is 4.03. The fourth-order valence-corrected chi connectivity index (χ4v) is 2.20. The number of nitriles is 1. The van der Waals surface area contributed by atoms with Gasteiger partial charge in [-0.05, 0) is 24.1 Å². The minimum absolute atomic E-state index is 0.404. The summed E-state index contributed by atoms with van der Waals surface area (Å²) in [6.45, 7) is 2.78. The van der Waals surface area contributed by atoms with E-state index in [-0.39, 0.29) is 0 Å². The van der Waals surface area contributed by atoms with Crippen LogP contribution in [0.5, 0.6) is 0 Å². The molecule has 0 bridgehead atoms. The number of pyridine rings is 1. The molecule has 3 nitrogen and oxygen atoms in total. The molecule has 0 spiro atoms. The van der Waals surface area contributed by atoms with E-state index in [9.17, 15) is 0 Å². The predicted molar refractivity (Wildman–Crippen MR) is 77.2 cm³/mol. The van der Waals surface area contributed by atoms with Crippen molar-refractivity contribution in [2.24, 2.45) is 0 Å². The maximum Gasteiger partial charge on any atom is 0.148 e. The van der Waals surface area contributed by atoms with Gasteiger partial charge in [0, 0.05) is 19.8 Å². The van der Waals surface area contributed by atoms with Gasteiger partial charge in [-0.15, -0.1) is 0 Å². The highest BCUT2D eigenvalue weighted by atomic mass is 35.5. The van der Waals surface area contributed by atoms with Crippen LogP contribution in [0.2, 0.25) is 5.02 Å². The van der Waals surface area contributed by atoms with Gasteiger partial charge in [0.1, 0.15) is 16.9 Å². The predicted octanol–water partition coefficient (Wildman–Crippen LogP) is 3.55. The van der Waals surface area contributed by atoms with Gasteiger partial charge in [0.05, 0.1) is 5.56 Å². The number of benzene rings is 1. The monoisotopic (exact) mass is 271 g/mol. The van der Waals surface area contributed by atoms with Crippen molar-refractivity contribution in [3.8, 4) is 6.07 Å². The second kappa shape index (κ2) is 5.73. The van der Waals surface area contributed by atoms with Crippen molar-refractivity contribution in [2.45, 2.75) is 13.5 Å². The number of hydrogen-bond donors (Lipinski definition) is 0. The van der Waals surface area contributed by atoms with Crippen LogP contribution in [0.15, 0.2) is 36.5 Å². The van der Waals surface area contributed by atoms with Crippen LogP contribution in [0.25, 0.3) is 0 Å². The highest BCUT2D eigenvalue weighted by Crippen LogP contribution is 2.26. The van der Waals surface area contributed by atoms with Gasteiger partial charge in [0.2, 0.25) is 0 Å². The summed E-state index contributed by atoms with van der Waals surface area (Å²) < 4.78 is 0. The molecule has 0 aliphatic rings. The quantitative estimate of drug-likeness (QED) is 0.857. The van der Waals surface area contributed by atoms with Crippen LogP contribution in [-0.4, -0.2) is 12.0 Å². The Hall–Kier alpha value is -2.05. The average molecular weight is 272 g/mol. The van der Waals surface area contributed by atoms with Crippen molar-refractivity contribution in [1.29, 1.82) is 5.26 Å². The second-order valence-electron chi connectivity index (χ2n) is 4.39. The first-order valence-corrected chi connectivity index (χ1v) is 6.31. The maximum atomic E-state index is 8.98. The van der Waals surface area contributed by atoms with Gasteiger partial charge in [0.25, 0.3) is 0 Å². The zero-order valence-corrected chi connectivity index (χ0v) is 11.6. The molecule has 0 radical (unpaired) electrons. The standard InChI is InChI=1S/C15H14ClN3/c1-11-5-3-4-6-13(11)10-19(2)15-14(16)12(9-17)7-8-18-15/h3-8H,10H2,1-2H3. The van der Waals surface area contributed by atoms with Gasteiger partial charge < -0.3 is 4.90 Å². The fraction of sp³-hybridized carbons (Fsp3) is 0.200. The molecule has 0 saturated heterocycles. The zero-order chi connectivity index (χ0) is 13.8. The van der Waals surface area contributed by atoms with Crippen LogP contribution in [0.1, 0.15) is 16.7 Å². The molecule has 2 rings (SSSR count). The molecule has 0 N–H and O–H groups in total. The van der Waals surface area contributed by atoms with Crippen LogP contribution in [0, 0.1) is 18.3 Å². The highest BCUT2D eigenvalue weighted by molar-refractivity contribution is 6.34. The number of nitrogens with zero attached hydrogens (tertiary/aromatic N) is 3. The van der Waals surface area contributed by atoms with Gasteiger partial charge in [-0.25, -0.2) is 4.98 Å². The van der Waals surface area contributed by atoms with E-state index in [2.05, 4.69) is 30.1 Å². The van der Waals surface area contributed by atoms with E-state index in [0.717, 1.165) is 0 Å². The van der Waals surface area contributed by atoms with Crippen molar-refractivity contribution in [3.05, 3.63) is 58.2 Å². The Balaban J connectivity index is 2.29. The van der Waals surface area contributed by atoms with E-state index in [1.807, 2.05) is 24.1 Å². The number of rotatable bonds is 3. The molecule has 0 amide bonds. The summed E-state index contributed by atoms with van der Waals surface area (Å²) in [6, 6.07) is 11.9. The molecule has 0 unspecified atom stereocenters. The molecule has 0 fully saturated rings. The first kappa shape index (κ1) is 13.4. The van der Waals surface area contributed by atoms with Crippen molar-refractivity contribution in [3.63, 3.8) is 0 Å². The van der Waals surface area contributed by atoms with Gasteiger partial charge in [0.15, 0.2) is 0 Å². The lowest BCUT2D eigenvalue weighted by Crippen LogP contribution is -2.19. The summed E-state index contributed by atoms with van der Waals surface area (Å²) in [5.74, 6) is 0.629. The first-order chi connectivity index (χ1) is 9.13. The van der Waals surface area contributed by atoms with Crippen LogP contribution in [0.3, 0.4) is 0 Å². The first-order valence-electron chi connectivity index (χ1n) is 5.93. The third-order valence-corrected chi connectivity index (χ3v) is 3.39.